The van der Waals surface area contributed by atoms with E-state index in [1.165, 1.54) is 32.4 Å². The molecule has 1 aliphatic heterocycles. The lowest BCUT2D eigenvalue weighted by Gasteiger charge is -2.33. The SMILES string of the molecule is C=O.CC1(CCN)CCNCC1. The zero-order valence-corrected chi connectivity index (χ0v) is 7.94. The standard InChI is InChI=1S/C8H18N2.CH2O/c1-8(2-5-9)3-6-10-7-4-8;1-2/h10H,2-7,9H2,1H3;1H2. The molecule has 0 spiro atoms. The van der Waals surface area contributed by atoms with E-state index in [4.69, 9.17) is 10.5 Å². The summed E-state index contributed by atoms with van der Waals surface area (Å²) in [5.74, 6) is 0. The predicted molar refractivity (Wildman–Crippen MR) is 51.0 cm³/mol. The van der Waals surface area contributed by atoms with Gasteiger partial charge in [-0.1, -0.05) is 6.92 Å². The molecular weight excluding hydrogens is 152 g/mol. The molecule has 0 aromatic carbocycles. The van der Waals surface area contributed by atoms with Crippen molar-refractivity contribution in [2.24, 2.45) is 11.1 Å². The molecule has 0 aromatic rings. The predicted octanol–water partition coefficient (Wildman–Crippen LogP) is 0.540. The van der Waals surface area contributed by atoms with E-state index >= 15 is 0 Å². The fraction of sp³-hybridized carbons (Fsp3) is 0.889. The van der Waals surface area contributed by atoms with Crippen molar-refractivity contribution in [3.63, 3.8) is 0 Å². The van der Waals surface area contributed by atoms with E-state index in [0.29, 0.717) is 5.41 Å². The van der Waals surface area contributed by atoms with Gasteiger partial charge in [0.25, 0.3) is 0 Å². The minimum Gasteiger partial charge on any atom is -0.330 e. The van der Waals surface area contributed by atoms with Crippen LogP contribution >= 0.6 is 0 Å². The summed E-state index contributed by atoms with van der Waals surface area (Å²) in [7, 11) is 0. The lowest BCUT2D eigenvalue weighted by molar-refractivity contribution is -0.0979. The maximum atomic E-state index is 8.00. The van der Waals surface area contributed by atoms with E-state index in [1.54, 1.807) is 0 Å². The molecule has 12 heavy (non-hydrogen) atoms. The van der Waals surface area contributed by atoms with Crippen molar-refractivity contribution in [1.29, 1.82) is 0 Å². The van der Waals surface area contributed by atoms with Gasteiger partial charge in [0.2, 0.25) is 0 Å². The Bertz CT molecular complexity index is 106. The van der Waals surface area contributed by atoms with E-state index in [2.05, 4.69) is 12.2 Å². The second-order valence-electron chi connectivity index (χ2n) is 3.60. The summed E-state index contributed by atoms with van der Waals surface area (Å²) in [5, 5.41) is 3.36. The fourth-order valence-corrected chi connectivity index (χ4v) is 1.63. The number of carbonyl (C=O) groups is 1. The Labute approximate surface area is 74.7 Å². The number of hydrogen-bond acceptors (Lipinski definition) is 3. The first kappa shape index (κ1) is 11.6. The largest absolute Gasteiger partial charge is 0.330 e. The van der Waals surface area contributed by atoms with Crippen LogP contribution in [0.4, 0.5) is 0 Å². The van der Waals surface area contributed by atoms with Gasteiger partial charge in [0, 0.05) is 0 Å². The molecule has 1 saturated heterocycles. The summed E-state index contributed by atoms with van der Waals surface area (Å²) in [6, 6.07) is 0. The van der Waals surface area contributed by atoms with E-state index < -0.39 is 0 Å². The first-order valence-corrected chi connectivity index (χ1v) is 4.46. The first-order valence-electron chi connectivity index (χ1n) is 4.46. The van der Waals surface area contributed by atoms with Crippen LogP contribution in [0.15, 0.2) is 0 Å². The van der Waals surface area contributed by atoms with Crippen molar-refractivity contribution in [3.05, 3.63) is 0 Å². The molecule has 1 aliphatic rings. The smallest absolute Gasteiger partial charge is 0.106 e. The third-order valence-corrected chi connectivity index (χ3v) is 2.56. The minimum atomic E-state index is 0.542. The van der Waals surface area contributed by atoms with Gasteiger partial charge >= 0.3 is 0 Å². The number of carbonyl (C=O) groups excluding carboxylic acids is 1. The maximum absolute atomic E-state index is 8.00. The Morgan fingerprint density at radius 3 is 2.33 bits per heavy atom. The quantitative estimate of drug-likeness (QED) is 0.639. The van der Waals surface area contributed by atoms with Crippen LogP contribution in [0, 0.1) is 5.41 Å². The summed E-state index contributed by atoms with van der Waals surface area (Å²) in [4.78, 5) is 8.00. The molecule has 0 amide bonds. The number of piperidine rings is 1. The van der Waals surface area contributed by atoms with Gasteiger partial charge in [0.15, 0.2) is 0 Å². The summed E-state index contributed by atoms with van der Waals surface area (Å²) in [6.07, 6.45) is 3.78. The molecule has 1 fully saturated rings. The van der Waals surface area contributed by atoms with E-state index in [1.807, 2.05) is 6.79 Å². The Hall–Kier alpha value is -0.410. The van der Waals surface area contributed by atoms with Crippen LogP contribution in [-0.2, 0) is 4.79 Å². The molecule has 0 unspecified atom stereocenters. The number of hydrogen-bond donors (Lipinski definition) is 2. The number of nitrogens with one attached hydrogen (secondary N) is 1. The highest BCUT2D eigenvalue weighted by molar-refractivity contribution is 5.10. The average Bonchev–Trinajstić information content (AvgIpc) is 2.09. The minimum absolute atomic E-state index is 0.542. The van der Waals surface area contributed by atoms with Crippen molar-refractivity contribution < 1.29 is 4.79 Å². The second kappa shape index (κ2) is 6.14. The second-order valence-corrected chi connectivity index (χ2v) is 3.60. The van der Waals surface area contributed by atoms with Gasteiger partial charge in [0.1, 0.15) is 6.79 Å². The van der Waals surface area contributed by atoms with Crippen molar-refractivity contribution in [2.75, 3.05) is 19.6 Å². The van der Waals surface area contributed by atoms with Gasteiger partial charge in [-0.2, -0.15) is 0 Å². The highest BCUT2D eigenvalue weighted by Gasteiger charge is 2.24. The van der Waals surface area contributed by atoms with Crippen molar-refractivity contribution >= 4 is 6.79 Å². The topological polar surface area (TPSA) is 55.1 Å². The molecule has 3 heteroatoms. The van der Waals surface area contributed by atoms with Crippen LogP contribution < -0.4 is 11.1 Å². The average molecular weight is 172 g/mol. The first-order chi connectivity index (χ1) is 5.77. The summed E-state index contributed by atoms with van der Waals surface area (Å²) in [5.41, 5.74) is 6.07. The van der Waals surface area contributed by atoms with E-state index in [0.717, 1.165) is 6.54 Å². The van der Waals surface area contributed by atoms with Gasteiger partial charge in [-0.05, 0) is 44.3 Å². The highest BCUT2D eigenvalue weighted by Crippen LogP contribution is 2.30. The van der Waals surface area contributed by atoms with Crippen LogP contribution in [0.5, 0.6) is 0 Å². The molecule has 0 saturated carbocycles. The van der Waals surface area contributed by atoms with Gasteiger partial charge < -0.3 is 15.8 Å². The van der Waals surface area contributed by atoms with Gasteiger partial charge in [-0.15, -0.1) is 0 Å². The van der Waals surface area contributed by atoms with E-state index in [9.17, 15) is 0 Å². The van der Waals surface area contributed by atoms with Crippen LogP contribution in [0.1, 0.15) is 26.2 Å². The molecule has 0 radical (unpaired) electrons. The molecule has 0 aromatic heterocycles. The van der Waals surface area contributed by atoms with Gasteiger partial charge in [-0.3, -0.25) is 0 Å². The fourth-order valence-electron chi connectivity index (χ4n) is 1.63. The lowest BCUT2D eigenvalue weighted by Crippen LogP contribution is -2.35. The molecule has 1 rings (SSSR count). The van der Waals surface area contributed by atoms with Gasteiger partial charge in [-0.25, -0.2) is 0 Å². The van der Waals surface area contributed by atoms with Gasteiger partial charge in [0.05, 0.1) is 0 Å². The molecule has 0 bridgehead atoms. The molecule has 3 N–H and O–H groups in total. The molecule has 3 nitrogen and oxygen atoms in total. The van der Waals surface area contributed by atoms with Crippen LogP contribution in [-0.4, -0.2) is 26.4 Å². The summed E-state index contributed by atoms with van der Waals surface area (Å²) >= 11 is 0. The molecule has 72 valence electrons. The number of nitrogens with two attached hydrogens (primary N) is 1. The molecule has 1 heterocycles. The summed E-state index contributed by atoms with van der Waals surface area (Å²) < 4.78 is 0. The zero-order chi connectivity index (χ0) is 9.45. The Kier molecular flexibility index (Phi) is 5.93. The van der Waals surface area contributed by atoms with E-state index in [-0.39, 0.29) is 0 Å². The van der Waals surface area contributed by atoms with Crippen LogP contribution in [0.3, 0.4) is 0 Å². The Morgan fingerprint density at radius 2 is 1.92 bits per heavy atom. The maximum Gasteiger partial charge on any atom is 0.106 e. The Balaban J connectivity index is 0.000000561. The van der Waals surface area contributed by atoms with Crippen molar-refractivity contribution in [1.82, 2.24) is 5.32 Å². The zero-order valence-electron chi connectivity index (χ0n) is 7.94. The normalized spacial score (nSPS) is 20.8. The third-order valence-electron chi connectivity index (χ3n) is 2.56. The van der Waals surface area contributed by atoms with Crippen molar-refractivity contribution in [3.8, 4) is 0 Å². The lowest BCUT2D eigenvalue weighted by atomic mass is 9.78. The third kappa shape index (κ3) is 3.83. The van der Waals surface area contributed by atoms with Crippen LogP contribution in [0.2, 0.25) is 0 Å². The molecular formula is C9H20N2O. The number of rotatable bonds is 2. The van der Waals surface area contributed by atoms with Crippen molar-refractivity contribution in [2.45, 2.75) is 26.2 Å². The molecule has 0 atom stereocenters. The highest BCUT2D eigenvalue weighted by atomic mass is 16.1. The molecule has 0 aliphatic carbocycles. The Morgan fingerprint density at radius 1 is 1.42 bits per heavy atom. The van der Waals surface area contributed by atoms with Crippen LogP contribution in [0.25, 0.3) is 0 Å². The monoisotopic (exact) mass is 172 g/mol. The summed E-state index contributed by atoms with van der Waals surface area (Å²) in [6.45, 7) is 7.55.